The Labute approximate surface area is 110 Å². The molecule has 3 aromatic heterocycles. The van der Waals surface area contributed by atoms with Crippen LogP contribution >= 0.6 is 0 Å². The van der Waals surface area contributed by atoms with Crippen LogP contribution in [0.15, 0.2) is 24.5 Å². The summed E-state index contributed by atoms with van der Waals surface area (Å²) >= 11 is 0. The second-order valence-corrected chi connectivity index (χ2v) is 4.54. The van der Waals surface area contributed by atoms with Gasteiger partial charge in [-0.05, 0) is 26.0 Å². The SMILES string of the molecule is Cc1cccc2nc(NC(C)c3nncn3C)nn12. The van der Waals surface area contributed by atoms with Crippen LogP contribution in [-0.2, 0) is 7.05 Å². The molecule has 3 rings (SSSR count). The maximum atomic E-state index is 4.44. The van der Waals surface area contributed by atoms with E-state index in [4.69, 9.17) is 0 Å². The normalized spacial score (nSPS) is 12.8. The van der Waals surface area contributed by atoms with Gasteiger partial charge >= 0.3 is 0 Å². The van der Waals surface area contributed by atoms with Crippen LogP contribution in [0, 0.1) is 6.92 Å². The first-order valence-electron chi connectivity index (χ1n) is 6.08. The average molecular weight is 257 g/mol. The van der Waals surface area contributed by atoms with Gasteiger partial charge < -0.3 is 9.88 Å². The van der Waals surface area contributed by atoms with Crippen molar-refractivity contribution in [1.29, 1.82) is 0 Å². The molecule has 0 saturated heterocycles. The highest BCUT2D eigenvalue weighted by Crippen LogP contribution is 2.15. The van der Waals surface area contributed by atoms with Crippen molar-refractivity contribution in [2.75, 3.05) is 5.32 Å². The van der Waals surface area contributed by atoms with Crippen LogP contribution in [0.2, 0.25) is 0 Å². The van der Waals surface area contributed by atoms with E-state index < -0.39 is 0 Å². The van der Waals surface area contributed by atoms with Gasteiger partial charge in [-0.15, -0.1) is 15.3 Å². The molecule has 3 aromatic rings. The minimum atomic E-state index is -0.00906. The minimum Gasteiger partial charge on any atom is -0.343 e. The Kier molecular flexibility index (Phi) is 2.66. The Morgan fingerprint density at radius 3 is 2.84 bits per heavy atom. The van der Waals surface area contributed by atoms with Crippen LogP contribution in [0.4, 0.5) is 5.95 Å². The van der Waals surface area contributed by atoms with Crippen LogP contribution in [0.1, 0.15) is 24.5 Å². The number of anilines is 1. The number of nitrogens with one attached hydrogen (secondary N) is 1. The Hall–Kier alpha value is -2.44. The Bertz CT molecular complexity index is 712. The lowest BCUT2D eigenvalue weighted by atomic mass is 10.3. The number of aromatic nitrogens is 6. The number of nitrogens with zero attached hydrogens (tertiary/aromatic N) is 6. The predicted octanol–water partition coefficient (Wildman–Crippen LogP) is 1.34. The second-order valence-electron chi connectivity index (χ2n) is 4.54. The zero-order valence-electron chi connectivity index (χ0n) is 11.1. The van der Waals surface area contributed by atoms with Gasteiger partial charge in [-0.2, -0.15) is 4.98 Å². The number of pyridine rings is 1. The lowest BCUT2D eigenvalue weighted by Crippen LogP contribution is -2.12. The fourth-order valence-electron chi connectivity index (χ4n) is 2.04. The highest BCUT2D eigenvalue weighted by Gasteiger charge is 2.13. The van der Waals surface area contributed by atoms with Crippen LogP contribution in [-0.4, -0.2) is 29.4 Å². The highest BCUT2D eigenvalue weighted by atomic mass is 15.4. The van der Waals surface area contributed by atoms with E-state index in [2.05, 4.69) is 25.6 Å². The molecule has 0 saturated carbocycles. The van der Waals surface area contributed by atoms with Crippen LogP contribution in [0.25, 0.3) is 5.65 Å². The van der Waals surface area contributed by atoms with Gasteiger partial charge in [0, 0.05) is 12.7 Å². The molecule has 7 heteroatoms. The van der Waals surface area contributed by atoms with Crippen LogP contribution < -0.4 is 5.32 Å². The molecule has 1 unspecified atom stereocenters. The van der Waals surface area contributed by atoms with Gasteiger partial charge in [-0.3, -0.25) is 0 Å². The first-order valence-corrected chi connectivity index (χ1v) is 6.08. The fourth-order valence-corrected chi connectivity index (χ4v) is 2.04. The number of hydrogen-bond acceptors (Lipinski definition) is 5. The lowest BCUT2D eigenvalue weighted by Gasteiger charge is -2.10. The van der Waals surface area contributed by atoms with Gasteiger partial charge in [0.15, 0.2) is 11.5 Å². The van der Waals surface area contributed by atoms with Crippen molar-refractivity contribution in [2.24, 2.45) is 7.05 Å². The van der Waals surface area contributed by atoms with Gasteiger partial charge in [0.05, 0.1) is 6.04 Å². The summed E-state index contributed by atoms with van der Waals surface area (Å²) < 4.78 is 3.68. The average Bonchev–Trinajstić information content (AvgIpc) is 2.95. The molecule has 0 spiro atoms. The quantitative estimate of drug-likeness (QED) is 0.766. The third kappa shape index (κ3) is 2.03. The van der Waals surface area contributed by atoms with Crippen molar-refractivity contribution in [3.63, 3.8) is 0 Å². The maximum Gasteiger partial charge on any atom is 0.243 e. The third-order valence-electron chi connectivity index (χ3n) is 3.03. The minimum absolute atomic E-state index is 0.00906. The standard InChI is InChI=1S/C12H15N7/c1-8-5-4-6-10-15-12(17-19(8)10)14-9(2)11-16-13-7-18(11)3/h4-7,9H,1-3H3,(H,14,17). The van der Waals surface area contributed by atoms with Gasteiger partial charge in [0.1, 0.15) is 6.33 Å². The maximum absolute atomic E-state index is 4.44. The summed E-state index contributed by atoms with van der Waals surface area (Å²) in [6, 6.07) is 5.88. The van der Waals surface area contributed by atoms with E-state index >= 15 is 0 Å². The molecular weight excluding hydrogens is 242 g/mol. The molecule has 0 aliphatic carbocycles. The van der Waals surface area contributed by atoms with E-state index in [1.165, 1.54) is 0 Å². The van der Waals surface area contributed by atoms with Gasteiger partial charge in [-0.1, -0.05) is 6.07 Å². The van der Waals surface area contributed by atoms with Crippen molar-refractivity contribution >= 4 is 11.6 Å². The summed E-state index contributed by atoms with van der Waals surface area (Å²) in [7, 11) is 1.91. The highest BCUT2D eigenvalue weighted by molar-refractivity contribution is 5.44. The van der Waals surface area contributed by atoms with Gasteiger partial charge in [-0.25, -0.2) is 4.52 Å². The molecule has 0 radical (unpaired) electrons. The molecule has 3 heterocycles. The summed E-state index contributed by atoms with van der Waals surface area (Å²) in [5, 5.41) is 15.6. The van der Waals surface area contributed by atoms with Crippen molar-refractivity contribution < 1.29 is 0 Å². The molecule has 98 valence electrons. The summed E-state index contributed by atoms with van der Waals surface area (Å²) in [6.07, 6.45) is 1.68. The van der Waals surface area contributed by atoms with Crippen LogP contribution in [0.3, 0.4) is 0 Å². The summed E-state index contributed by atoms with van der Waals surface area (Å²) in [4.78, 5) is 4.44. The molecule has 0 aliphatic rings. The van der Waals surface area contributed by atoms with Crippen molar-refractivity contribution in [1.82, 2.24) is 29.4 Å². The largest absolute Gasteiger partial charge is 0.343 e. The van der Waals surface area contributed by atoms with E-state index in [0.29, 0.717) is 5.95 Å². The first kappa shape index (κ1) is 11.6. The number of rotatable bonds is 3. The molecule has 0 amide bonds. The molecule has 0 bridgehead atoms. The number of aryl methyl sites for hydroxylation is 2. The topological polar surface area (TPSA) is 72.9 Å². The zero-order valence-corrected chi connectivity index (χ0v) is 11.1. The zero-order chi connectivity index (χ0) is 13.4. The Morgan fingerprint density at radius 1 is 1.32 bits per heavy atom. The monoisotopic (exact) mass is 257 g/mol. The molecule has 0 aliphatic heterocycles. The summed E-state index contributed by atoms with van der Waals surface area (Å²) in [5.41, 5.74) is 1.87. The Balaban J connectivity index is 1.89. The lowest BCUT2D eigenvalue weighted by molar-refractivity contribution is 0.712. The van der Waals surface area contributed by atoms with Gasteiger partial charge in [0.25, 0.3) is 0 Å². The molecule has 7 nitrogen and oxygen atoms in total. The third-order valence-corrected chi connectivity index (χ3v) is 3.03. The van der Waals surface area contributed by atoms with E-state index in [0.717, 1.165) is 17.2 Å². The first-order chi connectivity index (χ1) is 9.15. The van der Waals surface area contributed by atoms with Crippen LogP contribution in [0.5, 0.6) is 0 Å². The van der Waals surface area contributed by atoms with E-state index in [1.54, 1.807) is 6.33 Å². The summed E-state index contributed by atoms with van der Waals surface area (Å²) in [5.74, 6) is 1.43. The Morgan fingerprint density at radius 2 is 2.16 bits per heavy atom. The molecule has 1 atom stereocenters. The van der Waals surface area contributed by atoms with Crippen molar-refractivity contribution in [3.05, 3.63) is 36.0 Å². The molecule has 1 N–H and O–H groups in total. The smallest absolute Gasteiger partial charge is 0.243 e. The molecule has 0 fully saturated rings. The number of hydrogen-bond donors (Lipinski definition) is 1. The van der Waals surface area contributed by atoms with Gasteiger partial charge in [0.2, 0.25) is 5.95 Å². The molecule has 19 heavy (non-hydrogen) atoms. The second kappa shape index (κ2) is 4.34. The van der Waals surface area contributed by atoms with Crippen molar-refractivity contribution in [2.45, 2.75) is 19.9 Å². The number of fused-ring (bicyclic) bond motifs is 1. The fraction of sp³-hybridized carbons (Fsp3) is 0.333. The molecular formula is C12H15N7. The molecule has 0 aromatic carbocycles. The predicted molar refractivity (Wildman–Crippen MR) is 70.8 cm³/mol. The van der Waals surface area contributed by atoms with E-state index in [1.807, 2.05) is 48.2 Å². The van der Waals surface area contributed by atoms with E-state index in [-0.39, 0.29) is 6.04 Å². The van der Waals surface area contributed by atoms with E-state index in [9.17, 15) is 0 Å². The van der Waals surface area contributed by atoms with Crippen molar-refractivity contribution in [3.8, 4) is 0 Å². The summed E-state index contributed by atoms with van der Waals surface area (Å²) in [6.45, 7) is 4.00.